The van der Waals surface area contributed by atoms with Crippen molar-refractivity contribution in [3.05, 3.63) is 77.4 Å². The van der Waals surface area contributed by atoms with Crippen LogP contribution < -0.4 is 20.1 Å². The van der Waals surface area contributed by atoms with Crippen LogP contribution in [0, 0.1) is 21.0 Å². The van der Waals surface area contributed by atoms with Gasteiger partial charge >= 0.3 is 0 Å². The number of benzene rings is 2. The van der Waals surface area contributed by atoms with E-state index in [1.54, 1.807) is 19.5 Å². The third-order valence-electron chi connectivity index (χ3n) is 8.72. The van der Waals surface area contributed by atoms with E-state index in [9.17, 15) is 4.79 Å². The Hall–Kier alpha value is -3.74. The van der Waals surface area contributed by atoms with E-state index >= 15 is 0 Å². The van der Waals surface area contributed by atoms with E-state index in [2.05, 4.69) is 118 Å². The second-order valence-electron chi connectivity index (χ2n) is 11.9. The van der Waals surface area contributed by atoms with E-state index < -0.39 is 0 Å². The summed E-state index contributed by atoms with van der Waals surface area (Å²) in [4.78, 5) is 40.1. The molecule has 3 N–H and O–H groups in total. The Balaban J connectivity index is 0.000000154. The van der Waals surface area contributed by atoms with Crippen LogP contribution in [0.3, 0.4) is 0 Å². The van der Waals surface area contributed by atoms with E-state index in [0.29, 0.717) is 17.3 Å². The monoisotopic (exact) mass is 886 g/mol. The van der Waals surface area contributed by atoms with Crippen LogP contribution in [-0.4, -0.2) is 89.6 Å². The van der Waals surface area contributed by atoms with Crippen LogP contribution in [0.15, 0.2) is 53.6 Å². The van der Waals surface area contributed by atoms with Crippen LogP contribution in [-0.2, 0) is 9.47 Å². The first-order chi connectivity index (χ1) is 23.8. The minimum atomic E-state index is -0.132. The van der Waals surface area contributed by atoms with Gasteiger partial charge in [-0.15, -0.1) is 0 Å². The molecule has 14 heteroatoms. The van der Waals surface area contributed by atoms with Gasteiger partial charge in [-0.25, -0.2) is 15.0 Å². The number of nitrogens with zero attached hydrogens (tertiary/aromatic N) is 5. The number of aromatic nitrogens is 6. The number of halogens is 2. The number of nitrogens with one attached hydrogen (secondary N) is 3. The first kappa shape index (κ1) is 33.7. The second-order valence-corrected chi connectivity index (χ2v) is 14.2. The number of rotatable bonds is 5. The Labute approximate surface area is 310 Å². The maximum absolute atomic E-state index is 12.2. The van der Waals surface area contributed by atoms with Crippen LogP contribution in [0.2, 0.25) is 0 Å². The standard InChI is InChI=1S/C18H19IN4O2.C17H17IN4O2/c1-11-9-12(23-5-7-25-8-6-23)10-14-16(11)22-17(21-14)15-13(19)3-4-20-18(15)24-2;1-10-8-11(22-4-6-24-7-5-22)9-13-15(10)21-16(20-13)14-12(18)2-3-19-17(14)23/h3-4,9-10H,5-8H2,1-2H3,(H,21,22);2-3,8-9H,4-7H2,1H3,(H,19,23)(H,20,21). The first-order valence-electron chi connectivity index (χ1n) is 16.0. The molecular weight excluding hydrogens is 850 g/mol. The predicted octanol–water partition coefficient (Wildman–Crippen LogP) is 6.05. The van der Waals surface area contributed by atoms with E-state index in [0.717, 1.165) is 110 Å². The molecule has 49 heavy (non-hydrogen) atoms. The van der Waals surface area contributed by atoms with Gasteiger partial charge in [0.2, 0.25) is 5.88 Å². The minimum Gasteiger partial charge on any atom is -0.480 e. The fourth-order valence-electron chi connectivity index (χ4n) is 6.25. The Morgan fingerprint density at radius 2 is 1.27 bits per heavy atom. The van der Waals surface area contributed by atoms with Crippen molar-refractivity contribution < 1.29 is 14.2 Å². The molecular formula is C35H36I2N8O4. The van der Waals surface area contributed by atoms with Gasteiger partial charge < -0.3 is 39.0 Å². The van der Waals surface area contributed by atoms with Gasteiger partial charge in [0, 0.05) is 57.1 Å². The molecule has 2 aliphatic rings. The highest BCUT2D eigenvalue weighted by Gasteiger charge is 2.20. The highest BCUT2D eigenvalue weighted by Crippen LogP contribution is 2.34. The van der Waals surface area contributed by atoms with Crippen molar-refractivity contribution in [3.8, 4) is 28.7 Å². The average molecular weight is 887 g/mol. The van der Waals surface area contributed by atoms with E-state index in [1.807, 2.05) is 12.1 Å². The number of anilines is 2. The quantitative estimate of drug-likeness (QED) is 0.177. The molecule has 0 radical (unpaired) electrons. The molecule has 6 aromatic rings. The largest absolute Gasteiger partial charge is 0.480 e. The lowest BCUT2D eigenvalue weighted by atomic mass is 10.1. The van der Waals surface area contributed by atoms with Crippen molar-refractivity contribution in [2.24, 2.45) is 0 Å². The number of hydrogen-bond acceptors (Lipinski definition) is 9. The molecule has 2 fully saturated rings. The van der Waals surface area contributed by atoms with Crippen molar-refractivity contribution in [2.75, 3.05) is 69.5 Å². The fourth-order valence-corrected chi connectivity index (χ4v) is 7.58. The molecule has 2 saturated heterocycles. The van der Waals surface area contributed by atoms with Crippen molar-refractivity contribution in [1.82, 2.24) is 29.9 Å². The van der Waals surface area contributed by atoms with Crippen LogP contribution >= 0.6 is 45.2 Å². The number of pyridine rings is 2. The van der Waals surface area contributed by atoms with Crippen LogP contribution in [0.25, 0.3) is 44.8 Å². The minimum absolute atomic E-state index is 0.132. The molecule has 8 rings (SSSR count). The fraction of sp³-hybridized carbons (Fsp3) is 0.314. The van der Waals surface area contributed by atoms with Gasteiger partial charge in [-0.3, -0.25) is 4.79 Å². The Bertz CT molecular complexity index is 2180. The zero-order valence-electron chi connectivity index (χ0n) is 27.4. The van der Waals surface area contributed by atoms with Crippen LogP contribution in [0.1, 0.15) is 11.1 Å². The van der Waals surface area contributed by atoms with Gasteiger partial charge in [0.1, 0.15) is 11.6 Å². The van der Waals surface area contributed by atoms with Crippen molar-refractivity contribution in [3.63, 3.8) is 0 Å². The lowest BCUT2D eigenvalue weighted by Gasteiger charge is -2.29. The summed E-state index contributed by atoms with van der Waals surface area (Å²) in [5, 5.41) is 0. The van der Waals surface area contributed by atoms with Crippen molar-refractivity contribution in [2.45, 2.75) is 13.8 Å². The van der Waals surface area contributed by atoms with Crippen LogP contribution in [0.5, 0.6) is 5.88 Å². The smallest absolute Gasteiger partial charge is 0.260 e. The number of imidazole rings is 2. The third kappa shape index (κ3) is 7.00. The molecule has 0 amide bonds. The number of aryl methyl sites for hydroxylation is 2. The lowest BCUT2D eigenvalue weighted by molar-refractivity contribution is 0.122. The van der Waals surface area contributed by atoms with Crippen molar-refractivity contribution in [1.29, 1.82) is 0 Å². The van der Waals surface area contributed by atoms with Crippen molar-refractivity contribution >= 4 is 78.6 Å². The number of hydrogen-bond donors (Lipinski definition) is 3. The SMILES string of the molecule is COc1nccc(I)c1-c1nc2c(C)cc(N3CCOCC3)cc2[nH]1.Cc1cc(N2CCOCC2)cc2[nH]c(-c3c(I)cc[nH]c3=O)nc12. The molecule has 2 aromatic carbocycles. The number of ether oxygens (including phenoxy) is 3. The van der Waals surface area contributed by atoms with Gasteiger partial charge in [0.05, 0.1) is 66.7 Å². The summed E-state index contributed by atoms with van der Waals surface area (Å²) in [6.07, 6.45) is 3.40. The molecule has 2 aliphatic heterocycles. The summed E-state index contributed by atoms with van der Waals surface area (Å²) in [6.45, 7) is 10.8. The Kier molecular flexibility index (Phi) is 10.1. The highest BCUT2D eigenvalue weighted by atomic mass is 127. The first-order valence-corrected chi connectivity index (χ1v) is 18.2. The average Bonchev–Trinajstić information content (AvgIpc) is 3.74. The lowest BCUT2D eigenvalue weighted by Crippen LogP contribution is -2.36. The molecule has 0 spiro atoms. The normalized spacial score (nSPS) is 15.0. The molecule has 0 bridgehead atoms. The summed E-state index contributed by atoms with van der Waals surface area (Å²) in [5.74, 6) is 1.97. The molecule has 6 heterocycles. The van der Waals surface area contributed by atoms with Gasteiger partial charge in [-0.2, -0.15) is 0 Å². The number of aromatic amines is 3. The Morgan fingerprint density at radius 3 is 1.78 bits per heavy atom. The van der Waals surface area contributed by atoms with Gasteiger partial charge in [0.25, 0.3) is 5.56 Å². The zero-order valence-corrected chi connectivity index (χ0v) is 31.7. The topological polar surface area (TPSA) is 137 Å². The van der Waals surface area contributed by atoms with E-state index in [4.69, 9.17) is 19.2 Å². The molecule has 12 nitrogen and oxygen atoms in total. The maximum Gasteiger partial charge on any atom is 0.260 e. The van der Waals surface area contributed by atoms with Gasteiger partial charge in [0.15, 0.2) is 0 Å². The van der Waals surface area contributed by atoms with E-state index in [1.165, 1.54) is 5.69 Å². The zero-order chi connectivity index (χ0) is 34.1. The molecule has 0 unspecified atom stereocenters. The third-order valence-corrected chi connectivity index (χ3v) is 10.5. The van der Waals surface area contributed by atoms with E-state index in [-0.39, 0.29) is 5.56 Å². The highest BCUT2D eigenvalue weighted by molar-refractivity contribution is 14.1. The number of fused-ring (bicyclic) bond motifs is 2. The van der Waals surface area contributed by atoms with Gasteiger partial charge in [-0.05, 0) is 107 Å². The number of H-pyrrole nitrogens is 3. The molecule has 0 saturated carbocycles. The molecule has 4 aromatic heterocycles. The van der Waals surface area contributed by atoms with Gasteiger partial charge in [-0.1, -0.05) is 0 Å². The summed E-state index contributed by atoms with van der Waals surface area (Å²) in [6, 6.07) is 12.4. The summed E-state index contributed by atoms with van der Waals surface area (Å²) in [7, 11) is 1.63. The summed E-state index contributed by atoms with van der Waals surface area (Å²) in [5.41, 5.74) is 9.83. The predicted molar refractivity (Wildman–Crippen MR) is 209 cm³/mol. The summed E-state index contributed by atoms with van der Waals surface area (Å²) >= 11 is 4.45. The molecule has 0 atom stereocenters. The Morgan fingerprint density at radius 1 is 0.755 bits per heavy atom. The maximum atomic E-state index is 12.2. The molecule has 254 valence electrons. The second kappa shape index (κ2) is 14.6. The number of morpholine rings is 2. The number of methoxy groups -OCH3 is 1. The molecule has 0 aliphatic carbocycles. The summed E-state index contributed by atoms with van der Waals surface area (Å²) < 4.78 is 18.2. The van der Waals surface area contributed by atoms with Crippen LogP contribution in [0.4, 0.5) is 11.4 Å².